The highest BCUT2D eigenvalue weighted by Gasteiger charge is 2.01. The van der Waals surface area contributed by atoms with Crippen LogP contribution >= 0.6 is 27.3 Å². The van der Waals surface area contributed by atoms with E-state index in [-0.39, 0.29) is 5.91 Å². The molecule has 12 heavy (non-hydrogen) atoms. The van der Waals surface area contributed by atoms with Crippen molar-refractivity contribution < 1.29 is 4.79 Å². The predicted octanol–water partition coefficient (Wildman–Crippen LogP) is 1.87. The van der Waals surface area contributed by atoms with E-state index in [0.717, 1.165) is 3.79 Å². The Morgan fingerprint density at radius 1 is 1.83 bits per heavy atom. The first kappa shape index (κ1) is 9.23. The van der Waals surface area contributed by atoms with Crippen LogP contribution in [0.15, 0.2) is 9.98 Å². The van der Waals surface area contributed by atoms with Gasteiger partial charge in [-0.05, 0) is 28.8 Å². The molecule has 1 heterocycles. The highest BCUT2D eigenvalue weighted by atomic mass is 79.9. The fourth-order valence-corrected chi connectivity index (χ4v) is 1.66. The molecule has 5 heteroatoms. The molecular weight excluding hydrogens is 240 g/mol. The zero-order valence-electron chi connectivity index (χ0n) is 6.22. The van der Waals surface area contributed by atoms with Crippen LogP contribution < -0.4 is 5.32 Å². The summed E-state index contributed by atoms with van der Waals surface area (Å²) in [5.74, 6) is 4.52. The summed E-state index contributed by atoms with van der Waals surface area (Å²) >= 11 is 4.58. The Labute approximate surface area is 82.3 Å². The van der Waals surface area contributed by atoms with Crippen molar-refractivity contribution in [3.8, 4) is 11.8 Å². The first-order valence-corrected chi connectivity index (χ1v) is 4.68. The third-order valence-corrected chi connectivity index (χ3v) is 2.33. The lowest BCUT2D eigenvalue weighted by Crippen LogP contribution is -2.07. The van der Waals surface area contributed by atoms with Crippen LogP contribution in [0.1, 0.15) is 6.92 Å². The van der Waals surface area contributed by atoms with Crippen molar-refractivity contribution in [2.24, 2.45) is 0 Å². The normalized spacial score (nSPS) is 8.50. The SMILES string of the molecule is CC#CC(=O)Nc1ncc(Br)s1. The Morgan fingerprint density at radius 2 is 2.58 bits per heavy atom. The zero-order chi connectivity index (χ0) is 8.97. The Kier molecular flexibility index (Phi) is 3.26. The van der Waals surface area contributed by atoms with Gasteiger partial charge in [-0.3, -0.25) is 10.1 Å². The quantitative estimate of drug-likeness (QED) is 0.767. The second kappa shape index (κ2) is 4.24. The maximum Gasteiger partial charge on any atom is 0.302 e. The van der Waals surface area contributed by atoms with E-state index in [2.05, 4.69) is 38.1 Å². The van der Waals surface area contributed by atoms with Gasteiger partial charge in [0, 0.05) is 0 Å². The van der Waals surface area contributed by atoms with Gasteiger partial charge in [-0.1, -0.05) is 17.3 Å². The Bertz CT molecular complexity index is 350. The van der Waals surface area contributed by atoms with Crippen molar-refractivity contribution in [3.63, 3.8) is 0 Å². The smallest absolute Gasteiger partial charge is 0.291 e. The number of amides is 1. The van der Waals surface area contributed by atoms with Crippen LogP contribution in [0.4, 0.5) is 5.13 Å². The van der Waals surface area contributed by atoms with Crippen LogP contribution in [0.3, 0.4) is 0 Å². The van der Waals surface area contributed by atoms with Gasteiger partial charge in [0.1, 0.15) is 0 Å². The standard InChI is InChI=1S/C7H5BrN2OS/c1-2-3-6(11)10-7-9-4-5(8)12-7/h4H,1H3,(H,9,10,11). The molecule has 0 fully saturated rings. The van der Waals surface area contributed by atoms with Crippen molar-refractivity contribution in [1.82, 2.24) is 4.98 Å². The highest BCUT2D eigenvalue weighted by molar-refractivity contribution is 9.11. The molecule has 1 aromatic heterocycles. The molecule has 0 aliphatic carbocycles. The molecule has 0 atom stereocenters. The minimum Gasteiger partial charge on any atom is -0.291 e. The van der Waals surface area contributed by atoms with E-state index in [0.29, 0.717) is 5.13 Å². The molecule has 0 aromatic carbocycles. The van der Waals surface area contributed by atoms with Gasteiger partial charge < -0.3 is 0 Å². The maximum absolute atomic E-state index is 10.9. The highest BCUT2D eigenvalue weighted by Crippen LogP contribution is 2.22. The number of hydrogen-bond acceptors (Lipinski definition) is 3. The first-order chi connectivity index (χ1) is 5.72. The van der Waals surface area contributed by atoms with Gasteiger partial charge in [-0.15, -0.1) is 0 Å². The van der Waals surface area contributed by atoms with Crippen LogP contribution in [0.5, 0.6) is 0 Å². The summed E-state index contributed by atoms with van der Waals surface area (Å²) < 4.78 is 0.877. The number of aromatic nitrogens is 1. The number of thiazole rings is 1. The van der Waals surface area contributed by atoms with Crippen LogP contribution in [0, 0.1) is 11.8 Å². The summed E-state index contributed by atoms with van der Waals surface area (Å²) in [5, 5.41) is 3.08. The number of rotatable bonds is 1. The molecule has 1 amide bonds. The third-order valence-electron chi connectivity index (χ3n) is 0.936. The number of nitrogens with zero attached hydrogens (tertiary/aromatic N) is 1. The van der Waals surface area contributed by atoms with Gasteiger partial charge in [0.05, 0.1) is 9.98 Å². The molecule has 1 N–H and O–H groups in total. The van der Waals surface area contributed by atoms with E-state index in [9.17, 15) is 4.79 Å². The summed E-state index contributed by atoms with van der Waals surface area (Å²) in [5.41, 5.74) is 0. The second-order valence-electron chi connectivity index (χ2n) is 1.80. The van der Waals surface area contributed by atoms with E-state index in [1.807, 2.05) is 0 Å². The number of hydrogen-bond donors (Lipinski definition) is 1. The van der Waals surface area contributed by atoms with Crippen molar-refractivity contribution >= 4 is 38.3 Å². The topological polar surface area (TPSA) is 42.0 Å². The molecule has 0 aliphatic heterocycles. The summed E-state index contributed by atoms with van der Waals surface area (Å²) in [6.45, 7) is 1.61. The fourth-order valence-electron chi connectivity index (χ4n) is 0.554. The fraction of sp³-hybridized carbons (Fsp3) is 0.143. The van der Waals surface area contributed by atoms with E-state index in [1.54, 1.807) is 13.1 Å². The van der Waals surface area contributed by atoms with Gasteiger partial charge in [0.25, 0.3) is 0 Å². The van der Waals surface area contributed by atoms with Crippen LogP contribution in [0.2, 0.25) is 0 Å². The molecule has 0 bridgehead atoms. The third kappa shape index (κ3) is 2.64. The molecule has 0 spiro atoms. The number of carbonyl (C=O) groups is 1. The predicted molar refractivity (Wildman–Crippen MR) is 51.9 cm³/mol. The van der Waals surface area contributed by atoms with Crippen molar-refractivity contribution in [2.45, 2.75) is 6.92 Å². The molecule has 0 radical (unpaired) electrons. The van der Waals surface area contributed by atoms with Crippen molar-refractivity contribution in [1.29, 1.82) is 0 Å². The number of carbonyl (C=O) groups excluding carboxylic acids is 1. The summed E-state index contributed by atoms with van der Waals surface area (Å²) in [6, 6.07) is 0. The van der Waals surface area contributed by atoms with Crippen LogP contribution in [0.25, 0.3) is 0 Å². The average molecular weight is 245 g/mol. The molecule has 1 aromatic rings. The lowest BCUT2D eigenvalue weighted by molar-refractivity contribution is -0.111. The largest absolute Gasteiger partial charge is 0.302 e. The van der Waals surface area contributed by atoms with E-state index in [1.165, 1.54) is 11.3 Å². The van der Waals surface area contributed by atoms with Gasteiger partial charge in [0.15, 0.2) is 5.13 Å². The minimum absolute atomic E-state index is 0.334. The maximum atomic E-state index is 10.9. The molecule has 3 nitrogen and oxygen atoms in total. The first-order valence-electron chi connectivity index (χ1n) is 3.07. The second-order valence-corrected chi connectivity index (χ2v) is 4.21. The molecule has 1 rings (SSSR count). The van der Waals surface area contributed by atoms with Gasteiger partial charge >= 0.3 is 5.91 Å². The van der Waals surface area contributed by atoms with Crippen LogP contribution in [-0.2, 0) is 4.79 Å². The Balaban J connectivity index is 2.62. The molecule has 0 saturated carbocycles. The number of halogens is 1. The minimum atomic E-state index is -0.334. The molecule has 62 valence electrons. The van der Waals surface area contributed by atoms with Crippen molar-refractivity contribution in [2.75, 3.05) is 5.32 Å². The van der Waals surface area contributed by atoms with Gasteiger partial charge in [-0.25, -0.2) is 4.98 Å². The van der Waals surface area contributed by atoms with E-state index in [4.69, 9.17) is 0 Å². The number of anilines is 1. The lowest BCUT2D eigenvalue weighted by Gasteiger charge is -1.90. The summed E-state index contributed by atoms with van der Waals surface area (Å²) in [7, 11) is 0. The molecule has 0 unspecified atom stereocenters. The molecular formula is C7H5BrN2OS. The Hall–Kier alpha value is -0.860. The Morgan fingerprint density at radius 3 is 3.08 bits per heavy atom. The zero-order valence-corrected chi connectivity index (χ0v) is 8.62. The van der Waals surface area contributed by atoms with Crippen LogP contribution in [-0.4, -0.2) is 10.9 Å². The average Bonchev–Trinajstić information content (AvgIpc) is 2.36. The lowest BCUT2D eigenvalue weighted by atomic mass is 10.6. The van der Waals surface area contributed by atoms with Gasteiger partial charge in [0.2, 0.25) is 0 Å². The molecule has 0 saturated heterocycles. The van der Waals surface area contributed by atoms with Gasteiger partial charge in [-0.2, -0.15) is 0 Å². The van der Waals surface area contributed by atoms with E-state index >= 15 is 0 Å². The van der Waals surface area contributed by atoms with Crippen molar-refractivity contribution in [3.05, 3.63) is 9.98 Å². The molecule has 0 aliphatic rings. The summed E-state index contributed by atoms with van der Waals surface area (Å²) in [6.07, 6.45) is 1.62. The number of nitrogens with one attached hydrogen (secondary N) is 1. The monoisotopic (exact) mass is 244 g/mol. The van der Waals surface area contributed by atoms with E-state index < -0.39 is 0 Å². The summed E-state index contributed by atoms with van der Waals surface area (Å²) in [4.78, 5) is 14.8.